The zero-order chi connectivity index (χ0) is 32.7. The number of allylic oxidation sites excluding steroid dienone is 2. The average molecular weight is 624 g/mol. The van der Waals surface area contributed by atoms with Gasteiger partial charge >= 0.3 is 6.03 Å². The topological polar surface area (TPSA) is 85.0 Å². The molecule has 2 saturated heterocycles. The lowest BCUT2D eigenvalue weighted by Gasteiger charge is -2.50. The van der Waals surface area contributed by atoms with Gasteiger partial charge in [-0.1, -0.05) is 43.5 Å². The third-order valence-electron chi connectivity index (χ3n) is 10.1. The Bertz CT molecular complexity index is 1220. The molecule has 0 unspecified atom stereocenters. The maximum Gasteiger partial charge on any atom is 0.318 e. The highest BCUT2D eigenvalue weighted by atomic mass is 19.1. The Morgan fingerprint density at radius 3 is 2.00 bits per heavy atom. The number of urea groups is 1. The van der Waals surface area contributed by atoms with E-state index in [1.807, 2.05) is 30.9 Å². The van der Waals surface area contributed by atoms with Crippen LogP contribution < -0.4 is 10.6 Å². The van der Waals surface area contributed by atoms with Crippen LogP contribution in [0.15, 0.2) is 47.8 Å². The van der Waals surface area contributed by atoms with E-state index in [1.165, 1.54) is 18.6 Å². The molecule has 0 spiro atoms. The average Bonchev–Trinajstić information content (AvgIpc) is 3.04. The van der Waals surface area contributed by atoms with Gasteiger partial charge in [-0.25, -0.2) is 9.18 Å². The van der Waals surface area contributed by atoms with Crippen LogP contribution in [-0.4, -0.2) is 76.8 Å². The van der Waals surface area contributed by atoms with Gasteiger partial charge in [0.1, 0.15) is 11.9 Å². The largest absolute Gasteiger partial charge is 0.360 e. The molecule has 1 saturated carbocycles. The number of hydrogen-bond donors (Lipinski definition) is 2. The van der Waals surface area contributed by atoms with Gasteiger partial charge in [0.25, 0.3) is 0 Å². The zero-order valence-corrected chi connectivity index (χ0v) is 28.2. The first-order valence-electron chi connectivity index (χ1n) is 17.0. The highest BCUT2D eigenvalue weighted by Crippen LogP contribution is 2.47. The third-order valence-corrected chi connectivity index (χ3v) is 10.1. The molecule has 8 nitrogen and oxygen atoms in total. The smallest absolute Gasteiger partial charge is 0.318 e. The fourth-order valence-electron chi connectivity index (χ4n) is 7.64. The Morgan fingerprint density at radius 2 is 1.49 bits per heavy atom. The molecule has 9 heteroatoms. The van der Waals surface area contributed by atoms with Crippen LogP contribution in [0.5, 0.6) is 0 Å². The van der Waals surface area contributed by atoms with E-state index < -0.39 is 11.5 Å². The highest BCUT2D eigenvalue weighted by Gasteiger charge is 2.50. The number of piperidine rings is 1. The molecule has 4 rings (SSSR count). The van der Waals surface area contributed by atoms with Gasteiger partial charge in [0.15, 0.2) is 0 Å². The van der Waals surface area contributed by atoms with Crippen LogP contribution in [0, 0.1) is 17.2 Å². The van der Waals surface area contributed by atoms with Crippen molar-refractivity contribution >= 4 is 17.8 Å². The van der Waals surface area contributed by atoms with Crippen LogP contribution in [0.2, 0.25) is 0 Å². The molecule has 45 heavy (non-hydrogen) atoms. The number of halogens is 1. The molecule has 1 aliphatic carbocycles. The van der Waals surface area contributed by atoms with E-state index in [1.54, 1.807) is 17.0 Å². The fourth-order valence-corrected chi connectivity index (χ4v) is 7.64. The molecule has 0 radical (unpaired) electrons. The predicted octanol–water partition coefficient (Wildman–Crippen LogP) is 5.99. The minimum atomic E-state index is -0.818. The van der Waals surface area contributed by atoms with Crippen molar-refractivity contribution in [1.29, 1.82) is 0 Å². The summed E-state index contributed by atoms with van der Waals surface area (Å²) in [5.74, 6) is 0.0522. The summed E-state index contributed by atoms with van der Waals surface area (Å²) in [4.78, 5) is 47.8. The van der Waals surface area contributed by atoms with E-state index in [-0.39, 0.29) is 42.2 Å². The van der Waals surface area contributed by atoms with E-state index in [4.69, 9.17) is 0 Å². The van der Waals surface area contributed by atoms with Crippen molar-refractivity contribution in [3.63, 3.8) is 0 Å². The maximum absolute atomic E-state index is 14.4. The standard InChI is InChI=1S/C36H54FN5O3/c1-7-30-23-41(24-31(8-2)38-30)35(45)39-32(22-27-14-16-29(37)17-15-27)33(43)40-20-18-36(19-21-40,28-12-10-9-11-13-28)34(44)42(25(3)4)26(5)6/h7-8,14-17,25-26,28,32,38H,9-13,18-24H2,1-6H3,(H,39,45)/b30-7-,31-8-/t32-/m1/s1. The Kier molecular flexibility index (Phi) is 11.7. The number of hydrogen-bond acceptors (Lipinski definition) is 4. The molecule has 3 fully saturated rings. The molecule has 3 aliphatic rings. The molecule has 2 N–H and O–H groups in total. The molecule has 0 bridgehead atoms. The van der Waals surface area contributed by atoms with Crippen LogP contribution in [0.25, 0.3) is 0 Å². The van der Waals surface area contributed by atoms with Crippen molar-refractivity contribution in [2.75, 3.05) is 26.2 Å². The van der Waals surface area contributed by atoms with E-state index in [9.17, 15) is 18.8 Å². The Morgan fingerprint density at radius 1 is 0.933 bits per heavy atom. The second kappa shape index (κ2) is 15.3. The van der Waals surface area contributed by atoms with E-state index in [0.29, 0.717) is 44.9 Å². The van der Waals surface area contributed by atoms with E-state index in [0.717, 1.165) is 42.6 Å². The molecule has 0 aromatic heterocycles. The second-order valence-corrected chi connectivity index (χ2v) is 13.7. The first-order chi connectivity index (χ1) is 21.5. The third kappa shape index (κ3) is 8.08. The number of nitrogens with zero attached hydrogens (tertiary/aromatic N) is 3. The van der Waals surface area contributed by atoms with E-state index in [2.05, 4.69) is 43.2 Å². The monoisotopic (exact) mass is 623 g/mol. The van der Waals surface area contributed by atoms with Gasteiger partial charge in [0.2, 0.25) is 11.8 Å². The van der Waals surface area contributed by atoms with Gasteiger partial charge in [-0.2, -0.15) is 0 Å². The number of rotatable bonds is 8. The first kappa shape index (κ1) is 34.5. The van der Waals surface area contributed by atoms with Gasteiger partial charge in [-0.05, 0) is 90.8 Å². The van der Waals surface area contributed by atoms with Crippen LogP contribution >= 0.6 is 0 Å². The Balaban J connectivity index is 1.56. The summed E-state index contributed by atoms with van der Waals surface area (Å²) in [6, 6.07) is 5.16. The summed E-state index contributed by atoms with van der Waals surface area (Å²) in [6.45, 7) is 14.0. The van der Waals surface area contributed by atoms with E-state index >= 15 is 0 Å². The fraction of sp³-hybridized carbons (Fsp3) is 0.639. The minimum Gasteiger partial charge on any atom is -0.360 e. The number of carbonyl (C=O) groups excluding carboxylic acids is 3. The summed E-state index contributed by atoms with van der Waals surface area (Å²) in [5, 5.41) is 6.37. The molecule has 4 amide bonds. The summed E-state index contributed by atoms with van der Waals surface area (Å²) >= 11 is 0. The van der Waals surface area contributed by atoms with Crippen molar-refractivity contribution in [3.05, 3.63) is 59.2 Å². The lowest BCUT2D eigenvalue weighted by molar-refractivity contribution is -0.157. The zero-order valence-electron chi connectivity index (χ0n) is 28.2. The molecule has 1 aromatic carbocycles. The van der Waals surface area contributed by atoms with Crippen LogP contribution in [0.4, 0.5) is 9.18 Å². The van der Waals surface area contributed by atoms with Gasteiger partial charge < -0.3 is 25.3 Å². The molecule has 2 heterocycles. The van der Waals surface area contributed by atoms with Crippen molar-refractivity contribution in [3.8, 4) is 0 Å². The summed E-state index contributed by atoms with van der Waals surface area (Å²) in [5.41, 5.74) is 2.13. The SMILES string of the molecule is C/C=C1/CN(C(=O)N[C@H](Cc2ccc(F)cc2)C(=O)N2CCC(C(=O)N(C(C)C)C(C)C)(C3CCCCC3)CC2)C/C(=C/C)N1. The number of carbonyl (C=O) groups is 3. The normalized spacial score (nSPS) is 21.6. The summed E-state index contributed by atoms with van der Waals surface area (Å²) < 4.78 is 13.7. The number of likely N-dealkylation sites (tertiary alicyclic amines) is 1. The number of benzene rings is 1. The minimum absolute atomic E-state index is 0.101. The van der Waals surface area contributed by atoms with Gasteiger partial charge in [-0.15, -0.1) is 0 Å². The Hall–Kier alpha value is -3.36. The molecular weight excluding hydrogens is 569 g/mol. The lowest BCUT2D eigenvalue weighted by atomic mass is 9.62. The number of nitrogens with one attached hydrogen (secondary N) is 2. The van der Waals surface area contributed by atoms with Crippen LogP contribution in [0.1, 0.15) is 92.1 Å². The quantitative estimate of drug-likeness (QED) is 0.373. The van der Waals surface area contributed by atoms with Gasteiger partial charge in [0, 0.05) is 43.0 Å². The summed E-state index contributed by atoms with van der Waals surface area (Å²) in [7, 11) is 0. The van der Waals surface area contributed by atoms with Gasteiger partial charge in [0.05, 0.1) is 18.5 Å². The molecule has 2 aliphatic heterocycles. The number of piperazine rings is 1. The number of amides is 4. The predicted molar refractivity (Wildman–Crippen MR) is 177 cm³/mol. The van der Waals surface area contributed by atoms with Crippen molar-refractivity contribution in [2.24, 2.45) is 11.3 Å². The molecule has 1 aromatic rings. The highest BCUT2D eigenvalue weighted by molar-refractivity contribution is 5.88. The molecular formula is C36H54FN5O3. The first-order valence-corrected chi connectivity index (χ1v) is 17.0. The molecule has 1 atom stereocenters. The Labute approximate surface area is 269 Å². The van der Waals surface area contributed by atoms with Crippen molar-refractivity contribution < 1.29 is 18.8 Å². The maximum atomic E-state index is 14.4. The van der Waals surface area contributed by atoms with Crippen molar-refractivity contribution in [2.45, 2.75) is 111 Å². The second-order valence-electron chi connectivity index (χ2n) is 13.7. The van der Waals surface area contributed by atoms with Crippen molar-refractivity contribution in [1.82, 2.24) is 25.3 Å². The van der Waals surface area contributed by atoms with Crippen LogP contribution in [-0.2, 0) is 16.0 Å². The summed E-state index contributed by atoms with van der Waals surface area (Å²) in [6.07, 6.45) is 11.0. The van der Waals surface area contributed by atoms with Crippen LogP contribution in [0.3, 0.4) is 0 Å². The van der Waals surface area contributed by atoms with Gasteiger partial charge in [-0.3, -0.25) is 9.59 Å². The lowest BCUT2D eigenvalue weighted by Crippen LogP contribution is -2.60. The molecule has 248 valence electrons.